The summed E-state index contributed by atoms with van der Waals surface area (Å²) in [6.07, 6.45) is 0. The maximum Gasteiger partial charge on any atom is 0.296 e. The van der Waals surface area contributed by atoms with Crippen molar-refractivity contribution in [3.05, 3.63) is 34.3 Å². The van der Waals surface area contributed by atoms with Crippen LogP contribution in [0.3, 0.4) is 0 Å². The standard InChI is InChI=1S/C12H10Cl2N2O6S2/c13-7-1-5(3-9(11(7)15)23(17,18)19)6-2-8(14)12(16)10(4-6)24(20,21)22/h1-4H,15-16H2,(H,17,18,19)(H,20,21,22). The Balaban J connectivity index is 2.84. The van der Waals surface area contributed by atoms with Crippen molar-refractivity contribution >= 4 is 54.8 Å². The van der Waals surface area contributed by atoms with Gasteiger partial charge in [-0.2, -0.15) is 16.8 Å². The van der Waals surface area contributed by atoms with Gasteiger partial charge in [0.05, 0.1) is 21.4 Å². The third kappa shape index (κ3) is 3.58. The quantitative estimate of drug-likeness (QED) is 0.440. The largest absolute Gasteiger partial charge is 0.396 e. The molecule has 0 saturated heterocycles. The van der Waals surface area contributed by atoms with Gasteiger partial charge in [-0.3, -0.25) is 9.11 Å². The fraction of sp³-hybridized carbons (Fsp3) is 0. The van der Waals surface area contributed by atoms with Gasteiger partial charge >= 0.3 is 0 Å². The van der Waals surface area contributed by atoms with Crippen molar-refractivity contribution in [2.75, 3.05) is 11.5 Å². The Morgan fingerprint density at radius 1 is 0.708 bits per heavy atom. The lowest BCUT2D eigenvalue weighted by Gasteiger charge is -2.12. The first-order chi connectivity index (χ1) is 10.8. The van der Waals surface area contributed by atoms with Gasteiger partial charge in [0, 0.05) is 0 Å². The number of halogens is 2. The van der Waals surface area contributed by atoms with Crippen LogP contribution in [0.5, 0.6) is 0 Å². The van der Waals surface area contributed by atoms with Gasteiger partial charge in [-0.15, -0.1) is 0 Å². The van der Waals surface area contributed by atoms with Gasteiger partial charge in [-0.1, -0.05) is 23.2 Å². The normalized spacial score (nSPS) is 12.3. The predicted molar refractivity (Wildman–Crippen MR) is 90.4 cm³/mol. The van der Waals surface area contributed by atoms with E-state index in [4.69, 9.17) is 34.7 Å². The lowest BCUT2D eigenvalue weighted by molar-refractivity contribution is 0.481. The molecule has 130 valence electrons. The van der Waals surface area contributed by atoms with E-state index in [0.29, 0.717) is 0 Å². The number of nitrogens with two attached hydrogens (primary N) is 2. The third-order valence-electron chi connectivity index (χ3n) is 3.07. The monoisotopic (exact) mass is 412 g/mol. The molecule has 0 aliphatic carbocycles. The average molecular weight is 413 g/mol. The second-order valence-corrected chi connectivity index (χ2v) is 8.28. The Kier molecular flexibility index (Phi) is 4.74. The maximum atomic E-state index is 11.4. The summed E-state index contributed by atoms with van der Waals surface area (Å²) in [4.78, 5) is -1.32. The van der Waals surface area contributed by atoms with Crippen molar-refractivity contribution < 1.29 is 25.9 Å². The molecule has 2 aromatic carbocycles. The molecule has 0 saturated carbocycles. The second kappa shape index (κ2) is 6.06. The van der Waals surface area contributed by atoms with Crippen LogP contribution in [-0.2, 0) is 20.2 Å². The van der Waals surface area contributed by atoms with E-state index in [-0.39, 0.29) is 32.5 Å². The highest BCUT2D eigenvalue weighted by Crippen LogP contribution is 2.37. The van der Waals surface area contributed by atoms with Crippen molar-refractivity contribution in [1.29, 1.82) is 0 Å². The SMILES string of the molecule is Nc1c(Cl)cc(-c2cc(Cl)c(N)c(S(=O)(=O)O)c2)cc1S(=O)(=O)O. The van der Waals surface area contributed by atoms with Gasteiger partial charge < -0.3 is 11.5 Å². The number of rotatable bonds is 3. The molecule has 8 nitrogen and oxygen atoms in total. The van der Waals surface area contributed by atoms with Crippen molar-refractivity contribution in [2.24, 2.45) is 0 Å². The maximum absolute atomic E-state index is 11.4. The summed E-state index contributed by atoms with van der Waals surface area (Å²) in [7, 11) is -9.36. The lowest BCUT2D eigenvalue weighted by atomic mass is 10.0. The molecule has 0 fully saturated rings. The molecule has 2 aromatic rings. The smallest absolute Gasteiger partial charge is 0.296 e. The van der Waals surface area contributed by atoms with E-state index in [1.165, 1.54) is 12.1 Å². The van der Waals surface area contributed by atoms with E-state index in [0.717, 1.165) is 12.1 Å². The van der Waals surface area contributed by atoms with Crippen molar-refractivity contribution in [1.82, 2.24) is 0 Å². The fourth-order valence-corrected chi connectivity index (χ4v) is 3.82. The highest BCUT2D eigenvalue weighted by Gasteiger charge is 2.21. The Bertz CT molecular complexity index is 966. The highest BCUT2D eigenvalue weighted by atomic mass is 35.5. The molecular weight excluding hydrogens is 403 g/mol. The molecule has 0 spiro atoms. The minimum Gasteiger partial charge on any atom is -0.396 e. The zero-order valence-electron chi connectivity index (χ0n) is 11.6. The topological polar surface area (TPSA) is 161 Å². The van der Waals surface area contributed by atoms with Gasteiger partial charge in [-0.05, 0) is 35.4 Å². The number of hydrogen-bond acceptors (Lipinski definition) is 6. The predicted octanol–water partition coefficient (Wildman–Crippen LogP) is 2.32. The van der Waals surface area contributed by atoms with Crippen LogP contribution < -0.4 is 11.5 Å². The molecule has 0 bridgehead atoms. The van der Waals surface area contributed by atoms with Crippen LogP contribution in [0.2, 0.25) is 10.0 Å². The van der Waals surface area contributed by atoms with Gasteiger partial charge in [0.2, 0.25) is 0 Å². The number of benzene rings is 2. The van der Waals surface area contributed by atoms with E-state index >= 15 is 0 Å². The van der Waals surface area contributed by atoms with Crippen molar-refractivity contribution in [3.63, 3.8) is 0 Å². The second-order valence-electron chi connectivity index (χ2n) is 4.69. The van der Waals surface area contributed by atoms with E-state index in [2.05, 4.69) is 0 Å². The fourth-order valence-electron chi connectivity index (χ4n) is 1.95. The molecule has 24 heavy (non-hydrogen) atoms. The first-order valence-corrected chi connectivity index (χ1v) is 9.59. The van der Waals surface area contributed by atoms with Gasteiger partial charge in [0.25, 0.3) is 20.2 Å². The molecule has 0 atom stereocenters. The Labute approximate surface area is 147 Å². The van der Waals surface area contributed by atoms with Crippen molar-refractivity contribution in [2.45, 2.75) is 9.79 Å². The molecule has 2 rings (SSSR count). The summed E-state index contributed by atoms with van der Waals surface area (Å²) in [6.45, 7) is 0. The third-order valence-corrected chi connectivity index (χ3v) is 5.48. The summed E-state index contributed by atoms with van der Waals surface area (Å²) >= 11 is 11.7. The zero-order chi connectivity index (χ0) is 18.4. The minimum atomic E-state index is -4.68. The number of hydrogen-bond donors (Lipinski definition) is 4. The molecule has 6 N–H and O–H groups in total. The summed E-state index contributed by atoms with van der Waals surface area (Å²) in [5, 5.41) is -0.386. The Morgan fingerprint density at radius 3 is 1.25 bits per heavy atom. The summed E-state index contributed by atoms with van der Waals surface area (Å²) in [5.74, 6) is 0. The first kappa shape index (κ1) is 18.8. The van der Waals surface area contributed by atoms with Gasteiger partial charge in [-0.25, -0.2) is 0 Å². The van der Waals surface area contributed by atoms with Crippen LogP contribution >= 0.6 is 23.2 Å². The highest BCUT2D eigenvalue weighted by molar-refractivity contribution is 7.86. The lowest BCUT2D eigenvalue weighted by Crippen LogP contribution is -2.05. The molecule has 0 radical (unpaired) electrons. The van der Waals surface area contributed by atoms with Crippen LogP contribution in [0.25, 0.3) is 11.1 Å². The minimum absolute atomic E-state index is 0.0774. The van der Waals surface area contributed by atoms with Crippen LogP contribution in [0.15, 0.2) is 34.1 Å². The van der Waals surface area contributed by atoms with Crippen LogP contribution in [0, 0.1) is 0 Å². The van der Waals surface area contributed by atoms with Crippen LogP contribution in [-0.4, -0.2) is 25.9 Å². The Hall–Kier alpha value is -1.56. The molecule has 0 unspecified atom stereocenters. The van der Waals surface area contributed by atoms with E-state index < -0.39 is 30.0 Å². The number of anilines is 2. The molecule has 0 aliphatic rings. The van der Waals surface area contributed by atoms with Gasteiger partial charge in [0.1, 0.15) is 9.79 Å². The molecule has 12 heteroatoms. The molecule has 0 amide bonds. The summed E-state index contributed by atoms with van der Waals surface area (Å²) < 4.78 is 63.9. The number of nitrogen functional groups attached to an aromatic ring is 2. The van der Waals surface area contributed by atoms with E-state index in [1.807, 2.05) is 0 Å². The Morgan fingerprint density at radius 2 is 1.00 bits per heavy atom. The first-order valence-electron chi connectivity index (χ1n) is 5.95. The van der Waals surface area contributed by atoms with E-state index in [1.54, 1.807) is 0 Å². The van der Waals surface area contributed by atoms with Crippen molar-refractivity contribution in [3.8, 4) is 11.1 Å². The molecule has 0 aromatic heterocycles. The van der Waals surface area contributed by atoms with Crippen LogP contribution in [0.4, 0.5) is 11.4 Å². The molecule has 0 aliphatic heterocycles. The van der Waals surface area contributed by atoms with Crippen LogP contribution in [0.1, 0.15) is 0 Å². The zero-order valence-corrected chi connectivity index (χ0v) is 14.7. The summed E-state index contributed by atoms with van der Waals surface area (Å²) in [5.41, 5.74) is 10.4. The van der Waals surface area contributed by atoms with E-state index in [9.17, 15) is 25.9 Å². The summed E-state index contributed by atoms with van der Waals surface area (Å²) in [6, 6.07) is 4.43. The molecule has 0 heterocycles. The molecular formula is C12H10Cl2N2O6S2. The van der Waals surface area contributed by atoms with Gasteiger partial charge in [0.15, 0.2) is 0 Å². The average Bonchev–Trinajstić information content (AvgIpc) is 2.41.